The number of benzene rings is 5. The van der Waals surface area contributed by atoms with Crippen molar-refractivity contribution in [3.63, 3.8) is 0 Å². The zero-order valence-corrected chi connectivity index (χ0v) is 25.7. The van der Waals surface area contributed by atoms with Crippen molar-refractivity contribution in [2.45, 2.75) is 0 Å². The van der Waals surface area contributed by atoms with E-state index in [2.05, 4.69) is 143 Å². The summed E-state index contributed by atoms with van der Waals surface area (Å²) in [6.07, 6.45) is 2.41. The van der Waals surface area contributed by atoms with Crippen molar-refractivity contribution in [1.29, 1.82) is 0 Å². The first-order valence-corrected chi connectivity index (χ1v) is 19.5. The van der Waals surface area contributed by atoms with Crippen LogP contribution in [0.1, 0.15) is 0 Å². The molecule has 0 nitrogen and oxygen atoms in total. The zero-order valence-electron chi connectivity index (χ0n) is 20.2. The number of hydrogen-bond donors (Lipinski definition) is 0. The van der Waals surface area contributed by atoms with Crippen LogP contribution in [0.5, 0.6) is 0 Å². The predicted molar refractivity (Wildman–Crippen MR) is 167 cm³/mol. The Morgan fingerprint density at radius 1 is 0.486 bits per heavy atom. The molecule has 0 saturated heterocycles. The van der Waals surface area contributed by atoms with Crippen LogP contribution in [0.4, 0.5) is 4.39 Å². The summed E-state index contributed by atoms with van der Waals surface area (Å²) in [4.78, 5) is 0. The molecule has 5 heteroatoms. The molecule has 0 radical (unpaired) electrons. The fourth-order valence-electron chi connectivity index (χ4n) is 3.81. The zero-order chi connectivity index (χ0) is 26.1. The monoisotopic (exact) mass is 726 g/mol. The van der Waals surface area contributed by atoms with Crippen molar-refractivity contribution in [1.82, 2.24) is 0 Å². The van der Waals surface area contributed by atoms with Gasteiger partial charge in [0, 0.05) is 5.82 Å². The average Bonchev–Trinajstić information content (AvgIpc) is 2.99. The van der Waals surface area contributed by atoms with Gasteiger partial charge in [0.1, 0.15) is 0 Å². The van der Waals surface area contributed by atoms with Gasteiger partial charge in [-0.3, -0.25) is 0 Å². The Labute approximate surface area is 244 Å². The quantitative estimate of drug-likeness (QED) is 0.0697. The number of rotatable bonds is 7. The minimum atomic E-state index is -0.348. The van der Waals surface area contributed by atoms with Crippen LogP contribution in [-0.4, -0.2) is 12.3 Å². The van der Waals surface area contributed by atoms with Gasteiger partial charge < -0.3 is 0 Å². The van der Waals surface area contributed by atoms with Crippen molar-refractivity contribution in [3.05, 3.63) is 157 Å². The maximum Gasteiger partial charge on any atom is -0.0195 e. The Balaban J connectivity index is 0.000000361. The molecule has 0 heterocycles. The minimum Gasteiger partial charge on any atom is -0.0622 e. The molecule has 0 N–H and O–H groups in total. The molecule has 0 spiro atoms. The van der Waals surface area contributed by atoms with E-state index in [-0.39, 0.29) is 21.7 Å². The summed E-state index contributed by atoms with van der Waals surface area (Å²) >= 11 is 4.72. The van der Waals surface area contributed by atoms with Crippen molar-refractivity contribution >= 4 is 56.6 Å². The van der Waals surface area contributed by atoms with E-state index >= 15 is 0 Å². The van der Waals surface area contributed by atoms with Crippen LogP contribution in [-0.2, 0) is 15.6 Å². The van der Waals surface area contributed by atoms with E-state index in [1.54, 1.807) is 0 Å². The largest absolute Gasteiger partial charge is 0.0622 e. The van der Waals surface area contributed by atoms with E-state index in [9.17, 15) is 4.39 Å². The Morgan fingerprint density at radius 3 is 0.973 bits per heavy atom. The predicted octanol–water partition coefficient (Wildman–Crippen LogP) is 7.76. The Bertz CT molecular complexity index is 1080. The summed E-state index contributed by atoms with van der Waals surface area (Å²) in [5.41, 5.74) is 0. The van der Waals surface area contributed by atoms with Gasteiger partial charge in [-0.2, -0.15) is 18.2 Å². The smallest absolute Gasteiger partial charge is 0.0195 e. The van der Waals surface area contributed by atoms with Crippen LogP contribution in [0.15, 0.2) is 146 Å². The maximum absolute atomic E-state index is 11.9. The molecule has 190 valence electrons. The van der Waals surface area contributed by atoms with Gasteiger partial charge in [-0.05, 0) is 49.4 Å². The van der Waals surface area contributed by atoms with Crippen LogP contribution in [0, 0.1) is 11.9 Å². The summed E-state index contributed by atoms with van der Waals surface area (Å²) in [5, 5.41) is 5.89. The second kappa shape index (κ2) is 17.7. The fourth-order valence-corrected chi connectivity index (χ4v) is 9.17. The van der Waals surface area contributed by atoms with Crippen LogP contribution in [0.25, 0.3) is 0 Å². The van der Waals surface area contributed by atoms with Gasteiger partial charge in [0.25, 0.3) is 0 Å². The minimum absolute atomic E-state index is 0.209. The van der Waals surface area contributed by atoms with Gasteiger partial charge in [-0.1, -0.05) is 121 Å². The first-order valence-electron chi connectivity index (χ1n) is 11.8. The number of halogens is 2. The molecule has 5 aromatic carbocycles. The molecule has 0 amide bonds. The van der Waals surface area contributed by atoms with Crippen molar-refractivity contribution in [3.8, 4) is 0 Å². The molecular formula is C32H28FIP2Pd. The van der Waals surface area contributed by atoms with Gasteiger partial charge in [0.05, 0.1) is 0 Å². The van der Waals surface area contributed by atoms with Crippen LogP contribution in [0.3, 0.4) is 0 Å². The molecule has 5 rings (SSSR count). The molecule has 0 saturated carbocycles. The van der Waals surface area contributed by atoms with E-state index < -0.39 is 0 Å². The average molecular weight is 727 g/mol. The summed E-state index contributed by atoms with van der Waals surface area (Å²) in [5.74, 6) is -0.209. The molecule has 0 aliphatic carbocycles. The van der Waals surface area contributed by atoms with Gasteiger partial charge in [-0.25, -0.2) is 4.39 Å². The van der Waals surface area contributed by atoms with Gasteiger partial charge in [-0.15, -0.1) is 12.1 Å². The summed E-state index contributed by atoms with van der Waals surface area (Å²) in [6, 6.07) is 52.7. The molecule has 37 heavy (non-hydrogen) atoms. The summed E-state index contributed by atoms with van der Waals surface area (Å²) in [6.45, 7) is 0. The van der Waals surface area contributed by atoms with Crippen molar-refractivity contribution in [2.24, 2.45) is 0 Å². The second-order valence-electron chi connectivity index (χ2n) is 7.86. The van der Waals surface area contributed by atoms with Gasteiger partial charge in [0.15, 0.2) is 0 Å². The van der Waals surface area contributed by atoms with E-state index in [1.165, 1.54) is 57.8 Å². The molecule has 0 aromatic heterocycles. The summed E-state index contributed by atoms with van der Waals surface area (Å²) < 4.78 is 11.9. The first kappa shape index (κ1) is 29.8. The van der Waals surface area contributed by atoms with E-state index in [4.69, 9.17) is 0 Å². The van der Waals surface area contributed by atoms with Crippen molar-refractivity contribution in [2.75, 3.05) is 12.3 Å². The Morgan fingerprint density at radius 2 is 0.757 bits per heavy atom. The first-order chi connectivity index (χ1) is 18.3. The third-order valence-corrected chi connectivity index (χ3v) is 10.9. The third kappa shape index (κ3) is 10.2. The van der Waals surface area contributed by atoms with Gasteiger partial charge >= 0.3 is 35.1 Å². The molecule has 5 aromatic rings. The normalized spacial score (nSPS) is 10.2. The molecule has 0 fully saturated rings. The van der Waals surface area contributed by atoms with Crippen LogP contribution >= 0.6 is 35.4 Å². The van der Waals surface area contributed by atoms with Crippen molar-refractivity contribution < 1.29 is 20.0 Å². The molecule has 0 atom stereocenters. The van der Waals surface area contributed by atoms with E-state index in [0.29, 0.717) is 0 Å². The summed E-state index contributed by atoms with van der Waals surface area (Å²) in [7, 11) is -0.696. The second-order valence-corrected chi connectivity index (χ2v) is 12.5. The molecule has 0 unspecified atom stereocenters. The van der Waals surface area contributed by atoms with Crippen LogP contribution < -0.4 is 21.2 Å². The van der Waals surface area contributed by atoms with Gasteiger partial charge in [0.2, 0.25) is 0 Å². The standard InChI is InChI=1S/C26H24P2.C6H4F.HI.Pd/c1-5-13-23(14-6-1)27(24-15-7-2-8-16-24)21-22-28(25-17-9-3-10-18-25)26-19-11-4-12-20-26;7-6-4-2-1-3-5-6;;/h1-20H,21-22H2;2-5H;1H;/q;-1;;+2/p-1. The Kier molecular flexibility index (Phi) is 14.3. The number of hydrogen-bond acceptors (Lipinski definition) is 0. The SMILES string of the molecule is Fc1cc[c-]cc1.[Pd+][I].c1ccc(P(CCP(c2ccccc2)c2ccccc2)c2ccccc2)cc1. The molecular weight excluding hydrogens is 699 g/mol. The van der Waals surface area contributed by atoms with E-state index in [1.807, 2.05) is 19.5 Å². The maximum atomic E-state index is 11.9. The van der Waals surface area contributed by atoms with Crippen LogP contribution in [0.2, 0.25) is 0 Å². The molecule has 0 aliphatic rings. The topological polar surface area (TPSA) is 0 Å². The Hall–Kier alpha value is -1.72. The third-order valence-electron chi connectivity index (χ3n) is 5.50. The molecule has 0 bridgehead atoms. The fraction of sp³-hybridized carbons (Fsp3) is 0.0625. The molecule has 0 aliphatic heterocycles. The van der Waals surface area contributed by atoms with E-state index in [0.717, 1.165) is 0 Å².